The molecule has 378 valence electrons. The molecule has 6 bridgehead atoms. The normalized spacial score (nSPS) is 16.7. The van der Waals surface area contributed by atoms with E-state index in [-0.39, 0.29) is 0 Å². The van der Waals surface area contributed by atoms with E-state index in [4.69, 9.17) is 0 Å². The molecule has 0 saturated heterocycles. The summed E-state index contributed by atoms with van der Waals surface area (Å²) < 4.78 is 0. The van der Waals surface area contributed by atoms with E-state index in [2.05, 4.69) is 270 Å². The van der Waals surface area contributed by atoms with Crippen LogP contribution in [0, 0.1) is 34.6 Å². The first-order valence-electron chi connectivity index (χ1n) is 29.0. The van der Waals surface area contributed by atoms with Gasteiger partial charge in [0, 0.05) is 5.69 Å². The molecular weight excluding hydrogens is 1010 g/mol. The van der Waals surface area contributed by atoms with Crippen LogP contribution in [0.2, 0.25) is 0 Å². The van der Waals surface area contributed by atoms with Gasteiger partial charge < -0.3 is 4.90 Å². The maximum Gasteiger partial charge on any atom is 0.185 e. The fourth-order valence-corrected chi connectivity index (χ4v) is 29.4. The van der Waals surface area contributed by atoms with Crippen LogP contribution >= 0.6 is 0 Å². The zero-order valence-electron chi connectivity index (χ0n) is 45.9. The van der Waals surface area contributed by atoms with Crippen molar-refractivity contribution in [3.05, 3.63) is 281 Å². The average Bonchev–Trinajstić information content (AvgIpc) is 1.74. The lowest BCUT2D eigenvalue weighted by Gasteiger charge is -2.57. The van der Waals surface area contributed by atoms with Crippen molar-refractivity contribution in [2.45, 2.75) is 40.0 Å². The van der Waals surface area contributed by atoms with Gasteiger partial charge in [0.2, 0.25) is 0 Å². The fourth-order valence-electron chi connectivity index (χ4n) is 18.0. The number of nitrogens with zero attached hydrogens (tertiary/aromatic N) is 1. The third kappa shape index (κ3) is 4.94. The first-order chi connectivity index (χ1) is 39.7. The molecule has 0 fully saturated rings. The Kier molecular flexibility index (Phi) is 8.28. The largest absolute Gasteiger partial charge is 0.310 e. The van der Waals surface area contributed by atoms with Crippen LogP contribution in [0.1, 0.15) is 50.1 Å². The van der Waals surface area contributed by atoms with Crippen LogP contribution in [0.25, 0.3) is 77.9 Å². The quantitative estimate of drug-likeness (QED) is 0.156. The van der Waals surface area contributed by atoms with Gasteiger partial charge in [0.25, 0.3) is 0 Å². The first kappa shape index (κ1) is 44.7. The Hall–Kier alpha value is -9.13. The van der Waals surface area contributed by atoms with Gasteiger partial charge in [-0.25, -0.2) is 0 Å². The number of benzene rings is 12. The van der Waals surface area contributed by atoms with Crippen molar-refractivity contribution >= 4 is 74.7 Å². The smallest absolute Gasteiger partial charge is 0.185 e. The zero-order chi connectivity index (χ0) is 53.6. The highest BCUT2D eigenvalue weighted by Gasteiger charge is 2.65. The minimum Gasteiger partial charge on any atom is -0.310 e. The lowest BCUT2D eigenvalue weighted by molar-refractivity contribution is 0.755. The molecular formula is C78H53NSi2. The van der Waals surface area contributed by atoms with Crippen LogP contribution in [-0.4, -0.2) is 16.1 Å². The van der Waals surface area contributed by atoms with E-state index in [1.54, 1.807) is 0 Å². The second kappa shape index (κ2) is 15.0. The molecule has 3 spiro atoms. The predicted molar refractivity (Wildman–Crippen MR) is 343 cm³/mol. The third-order valence-electron chi connectivity index (χ3n) is 20.8. The summed E-state index contributed by atoms with van der Waals surface area (Å²) in [5.74, 6) is 0. The number of aryl methyl sites for hydroxylation is 5. The number of hydrogen-bond donors (Lipinski definition) is 0. The highest BCUT2D eigenvalue weighted by molar-refractivity contribution is 7.27. The molecule has 20 rings (SSSR count). The summed E-state index contributed by atoms with van der Waals surface area (Å²) in [6, 6.07) is 93.1. The summed E-state index contributed by atoms with van der Waals surface area (Å²) in [6.07, 6.45) is 0. The molecule has 1 atom stereocenters. The molecule has 3 heteroatoms. The van der Waals surface area contributed by atoms with E-state index < -0.39 is 21.6 Å². The maximum absolute atomic E-state index is 3.36. The van der Waals surface area contributed by atoms with E-state index in [9.17, 15) is 0 Å². The molecule has 0 saturated carbocycles. The van der Waals surface area contributed by atoms with Crippen molar-refractivity contribution in [3.8, 4) is 77.9 Å². The number of hydrogen-bond acceptors (Lipinski definition) is 1. The summed E-state index contributed by atoms with van der Waals surface area (Å²) in [6.45, 7) is 11.7. The highest BCUT2D eigenvalue weighted by atomic mass is 28.3. The summed E-state index contributed by atoms with van der Waals surface area (Å²) >= 11 is 0. The molecule has 81 heavy (non-hydrogen) atoms. The highest BCUT2D eigenvalue weighted by Crippen LogP contribution is 2.66. The van der Waals surface area contributed by atoms with E-state index >= 15 is 0 Å². The van der Waals surface area contributed by atoms with Gasteiger partial charge in [-0.1, -0.05) is 212 Å². The topological polar surface area (TPSA) is 3.24 Å². The molecule has 3 aliphatic carbocycles. The van der Waals surface area contributed by atoms with Gasteiger partial charge >= 0.3 is 0 Å². The Morgan fingerprint density at radius 2 is 0.605 bits per heavy atom. The number of rotatable bonds is 2. The maximum atomic E-state index is 2.93. The summed E-state index contributed by atoms with van der Waals surface area (Å²) in [4.78, 5) is 2.93. The van der Waals surface area contributed by atoms with Gasteiger partial charge in [-0.3, -0.25) is 0 Å². The lowest BCUT2D eigenvalue weighted by Crippen LogP contribution is -2.81. The molecule has 0 radical (unpaired) electrons. The fraction of sp³-hybridized carbons (Fsp3) is 0.0769. The minimum atomic E-state index is -3.36. The van der Waals surface area contributed by atoms with Crippen molar-refractivity contribution in [1.29, 1.82) is 0 Å². The van der Waals surface area contributed by atoms with Crippen molar-refractivity contribution in [1.82, 2.24) is 0 Å². The second-order valence-electron chi connectivity index (χ2n) is 24.4. The standard InChI is InChI=1S/C78H53NSi2/c1-44-19-16-20-45(2)72(44)50-38-62-75-68(40-50)80(64-31-12-7-25-55(64)56-26-8-13-32-65(56)80)70-42-52(73-46(3)21-17-22-47(73)4)43-71-77(70)79(75)76-63-39-51(41-69(76)81(71)66-33-14-9-27-57(66)58-28-10-15-34-67(58)81)74-48(5)23-18-29-53(74)49-35-36-61-59(37-49)54-24-6-11-30-60(54)78(61,62)63/h6-43H,1-5H3. The van der Waals surface area contributed by atoms with Gasteiger partial charge in [0.1, 0.15) is 0 Å². The number of anilines is 3. The van der Waals surface area contributed by atoms with Crippen molar-refractivity contribution < 1.29 is 0 Å². The molecule has 5 aliphatic heterocycles. The van der Waals surface area contributed by atoms with E-state index in [0.717, 1.165) is 0 Å². The number of fused-ring (bicyclic) bond motifs is 16. The molecule has 5 heterocycles. The summed E-state index contributed by atoms with van der Waals surface area (Å²) in [5, 5.41) is 12.0. The van der Waals surface area contributed by atoms with Crippen LogP contribution in [0.3, 0.4) is 0 Å². The Morgan fingerprint density at radius 3 is 1.09 bits per heavy atom. The molecule has 12 aromatic carbocycles. The summed E-state index contributed by atoms with van der Waals surface area (Å²) in [7, 11) is -6.72. The second-order valence-corrected chi connectivity index (χ2v) is 31.7. The molecule has 8 aliphatic rings. The molecule has 0 aromatic heterocycles. The van der Waals surface area contributed by atoms with E-state index in [0.29, 0.717) is 0 Å². The van der Waals surface area contributed by atoms with Crippen molar-refractivity contribution in [3.63, 3.8) is 0 Å². The Balaban J connectivity index is 1.14. The van der Waals surface area contributed by atoms with Gasteiger partial charge in [-0.15, -0.1) is 0 Å². The van der Waals surface area contributed by atoms with Gasteiger partial charge in [0.15, 0.2) is 16.1 Å². The van der Waals surface area contributed by atoms with Crippen molar-refractivity contribution in [2.75, 3.05) is 4.90 Å². The van der Waals surface area contributed by atoms with Crippen LogP contribution in [0.5, 0.6) is 0 Å². The zero-order valence-corrected chi connectivity index (χ0v) is 47.9. The minimum absolute atomic E-state index is 0.689. The average molecular weight is 1060 g/mol. The van der Waals surface area contributed by atoms with Crippen LogP contribution in [0.4, 0.5) is 17.1 Å². The van der Waals surface area contributed by atoms with Gasteiger partial charge in [-0.2, -0.15) is 0 Å². The van der Waals surface area contributed by atoms with Gasteiger partial charge in [0.05, 0.1) is 16.8 Å². The van der Waals surface area contributed by atoms with Crippen molar-refractivity contribution in [2.24, 2.45) is 0 Å². The van der Waals surface area contributed by atoms with Gasteiger partial charge in [-0.05, 0) is 222 Å². The van der Waals surface area contributed by atoms with E-state index in [1.165, 1.54) is 187 Å². The molecule has 1 unspecified atom stereocenters. The van der Waals surface area contributed by atoms with E-state index in [1.807, 2.05) is 0 Å². The first-order valence-corrected chi connectivity index (χ1v) is 33.0. The third-order valence-corrected chi connectivity index (χ3v) is 30.5. The molecule has 0 amide bonds. The predicted octanol–water partition coefficient (Wildman–Crippen LogP) is 13.7. The Bertz CT molecular complexity index is 4800. The monoisotopic (exact) mass is 1060 g/mol. The Morgan fingerprint density at radius 1 is 0.247 bits per heavy atom. The molecule has 12 aromatic rings. The SMILES string of the molecule is Cc1cccc(C)c1-c1cc2c3c(c1)[Si]1(c4ccccc4-c4ccccc41)c1cc(-c4c(C)cccc4C)cc4c1N3c1c3cc(cc1[Si]41c4ccccc4-c4ccccc41)-c1c(C)cccc1-c1ccc4c(c1)-c1ccccc1C423. The Labute approximate surface area is 475 Å². The van der Waals surface area contributed by atoms with Crippen LogP contribution in [0.15, 0.2) is 231 Å². The van der Waals surface area contributed by atoms with Crippen LogP contribution < -0.4 is 46.4 Å². The van der Waals surface area contributed by atoms with Crippen LogP contribution in [-0.2, 0) is 5.41 Å². The summed E-state index contributed by atoms with van der Waals surface area (Å²) in [5.41, 5.74) is 34.3. The molecule has 1 nitrogen and oxygen atoms in total. The molecule has 0 N–H and O–H groups in total. The lowest BCUT2D eigenvalue weighted by atomic mass is 9.63.